The van der Waals surface area contributed by atoms with Crippen molar-refractivity contribution in [3.8, 4) is 5.75 Å². The Kier molecular flexibility index (Phi) is 5.62. The fourth-order valence-corrected chi connectivity index (χ4v) is 4.73. The Balaban J connectivity index is 2.11. The first-order valence-corrected chi connectivity index (χ1v) is 11.2. The van der Waals surface area contributed by atoms with Gasteiger partial charge in [-0.2, -0.15) is 21.6 Å². The molecule has 0 saturated carbocycles. The average Bonchev–Trinajstić information content (AvgIpc) is 3.14. The molecule has 29 heavy (non-hydrogen) atoms. The summed E-state index contributed by atoms with van der Waals surface area (Å²) in [6.45, 7) is 0.915. The molecule has 158 valence electrons. The van der Waals surface area contributed by atoms with Crippen LogP contribution in [0.4, 0.5) is 17.6 Å². The van der Waals surface area contributed by atoms with Crippen LogP contribution in [0, 0.1) is 5.82 Å². The van der Waals surface area contributed by atoms with Crippen molar-refractivity contribution in [1.29, 1.82) is 0 Å². The summed E-state index contributed by atoms with van der Waals surface area (Å²) in [5.41, 5.74) is -5.56. The Hall–Kier alpha value is -2.18. The van der Waals surface area contributed by atoms with Crippen LogP contribution in [0.25, 0.3) is 0 Å². The number of alkyl halides is 3. The number of sulfone groups is 1. The van der Waals surface area contributed by atoms with E-state index in [2.05, 4.69) is 9.50 Å². The summed E-state index contributed by atoms with van der Waals surface area (Å²) < 4.78 is 105. The zero-order valence-corrected chi connectivity index (χ0v) is 16.2. The molecule has 3 rings (SSSR count). The van der Waals surface area contributed by atoms with Crippen LogP contribution in [0.5, 0.6) is 5.75 Å². The third-order valence-electron chi connectivity index (χ3n) is 4.38. The van der Waals surface area contributed by atoms with Crippen LogP contribution in [-0.4, -0.2) is 35.4 Å². The van der Waals surface area contributed by atoms with E-state index in [4.69, 9.17) is 0 Å². The summed E-state index contributed by atoms with van der Waals surface area (Å²) in [5.74, 6) is -1.91. The van der Waals surface area contributed by atoms with E-state index in [9.17, 15) is 34.4 Å². The zero-order valence-electron chi connectivity index (χ0n) is 14.6. The molecule has 2 aromatic rings. The second-order valence-electron chi connectivity index (χ2n) is 6.33. The normalized spacial score (nSPS) is 18.0. The van der Waals surface area contributed by atoms with E-state index >= 15 is 0 Å². The maximum Gasteiger partial charge on any atom is 0.534 e. The summed E-state index contributed by atoms with van der Waals surface area (Å²) in [5, 5.41) is 2.98. The van der Waals surface area contributed by atoms with E-state index in [1.54, 1.807) is 0 Å². The van der Waals surface area contributed by atoms with E-state index in [0.29, 0.717) is 19.5 Å². The highest BCUT2D eigenvalue weighted by atomic mass is 32.2. The predicted octanol–water partition coefficient (Wildman–Crippen LogP) is 2.96. The highest BCUT2D eigenvalue weighted by molar-refractivity contribution is 7.91. The van der Waals surface area contributed by atoms with Crippen LogP contribution in [-0.2, 0) is 20.0 Å². The van der Waals surface area contributed by atoms with E-state index in [-0.39, 0.29) is 11.5 Å². The molecule has 1 N–H and O–H groups in total. The van der Waals surface area contributed by atoms with Crippen molar-refractivity contribution in [1.82, 2.24) is 5.32 Å². The molecule has 0 unspecified atom stereocenters. The van der Waals surface area contributed by atoms with E-state index in [0.717, 1.165) is 36.4 Å². The Bertz CT molecular complexity index is 1120. The van der Waals surface area contributed by atoms with Crippen molar-refractivity contribution >= 4 is 20.0 Å². The molecular formula is C17H15F4NO5S2. The lowest BCUT2D eigenvalue weighted by molar-refractivity contribution is -0.0500. The molecule has 0 bridgehead atoms. The number of benzene rings is 2. The van der Waals surface area contributed by atoms with Gasteiger partial charge in [0.2, 0.25) is 9.84 Å². The van der Waals surface area contributed by atoms with Gasteiger partial charge in [0.05, 0.1) is 9.79 Å². The van der Waals surface area contributed by atoms with Gasteiger partial charge in [-0.05, 0) is 37.2 Å². The van der Waals surface area contributed by atoms with Crippen LogP contribution < -0.4 is 9.50 Å². The van der Waals surface area contributed by atoms with Crippen molar-refractivity contribution in [2.24, 2.45) is 0 Å². The van der Waals surface area contributed by atoms with Gasteiger partial charge < -0.3 is 9.50 Å². The highest BCUT2D eigenvalue weighted by Gasteiger charge is 2.49. The van der Waals surface area contributed by atoms with Gasteiger partial charge in [-0.25, -0.2) is 12.8 Å². The van der Waals surface area contributed by atoms with Crippen molar-refractivity contribution in [2.75, 3.05) is 13.1 Å². The minimum atomic E-state index is -6.01. The maximum absolute atomic E-state index is 13.4. The van der Waals surface area contributed by atoms with Crippen LogP contribution in [0.2, 0.25) is 0 Å². The Morgan fingerprint density at radius 2 is 1.69 bits per heavy atom. The SMILES string of the molecule is O=S(=O)(c1cccc(F)c1)c1ccc([C@@H]2CCNC2)c(OS(=O)(=O)C(F)(F)F)c1. The lowest BCUT2D eigenvalue weighted by atomic mass is 9.98. The third-order valence-corrected chi connectivity index (χ3v) is 7.10. The molecule has 1 heterocycles. The molecule has 6 nitrogen and oxygen atoms in total. The van der Waals surface area contributed by atoms with E-state index in [1.807, 2.05) is 0 Å². The molecule has 1 atom stereocenters. The molecule has 1 saturated heterocycles. The first-order chi connectivity index (χ1) is 13.4. The number of rotatable bonds is 5. The highest BCUT2D eigenvalue weighted by Crippen LogP contribution is 2.37. The summed E-state index contributed by atoms with van der Waals surface area (Å²) in [6.07, 6.45) is 0.498. The lowest BCUT2D eigenvalue weighted by Gasteiger charge is -2.17. The summed E-state index contributed by atoms with van der Waals surface area (Å²) in [4.78, 5) is -0.956. The molecule has 12 heteroatoms. The summed E-state index contributed by atoms with van der Waals surface area (Å²) in [6, 6.07) is 7.10. The van der Waals surface area contributed by atoms with Gasteiger partial charge >= 0.3 is 15.6 Å². The number of halogens is 4. The summed E-state index contributed by atoms with van der Waals surface area (Å²) >= 11 is 0. The van der Waals surface area contributed by atoms with Crippen molar-refractivity contribution in [3.63, 3.8) is 0 Å². The molecular weight excluding hydrogens is 438 g/mol. The molecule has 0 amide bonds. The van der Waals surface area contributed by atoms with Crippen LogP contribution >= 0.6 is 0 Å². The van der Waals surface area contributed by atoms with Gasteiger partial charge in [0, 0.05) is 24.1 Å². The van der Waals surface area contributed by atoms with Gasteiger partial charge in [-0.3, -0.25) is 0 Å². The minimum Gasteiger partial charge on any atom is -0.376 e. The van der Waals surface area contributed by atoms with Gasteiger partial charge in [-0.1, -0.05) is 12.1 Å². The summed E-state index contributed by atoms with van der Waals surface area (Å²) in [7, 11) is -10.3. The predicted molar refractivity (Wildman–Crippen MR) is 94.1 cm³/mol. The smallest absolute Gasteiger partial charge is 0.376 e. The second-order valence-corrected chi connectivity index (χ2v) is 9.82. The van der Waals surface area contributed by atoms with Gasteiger partial charge in [-0.15, -0.1) is 0 Å². The van der Waals surface area contributed by atoms with Crippen molar-refractivity contribution in [3.05, 3.63) is 53.8 Å². The van der Waals surface area contributed by atoms with Crippen molar-refractivity contribution in [2.45, 2.75) is 27.6 Å². The average molecular weight is 453 g/mol. The molecule has 0 aliphatic carbocycles. The van der Waals surface area contributed by atoms with Crippen LogP contribution in [0.15, 0.2) is 52.3 Å². The zero-order chi connectivity index (χ0) is 21.4. The quantitative estimate of drug-likeness (QED) is 0.425. The first-order valence-electron chi connectivity index (χ1n) is 8.28. The van der Waals surface area contributed by atoms with Gasteiger partial charge in [0.25, 0.3) is 0 Å². The van der Waals surface area contributed by atoms with E-state index in [1.165, 1.54) is 6.07 Å². The topological polar surface area (TPSA) is 89.5 Å². The molecule has 1 aliphatic rings. The molecule has 0 aromatic heterocycles. The fourth-order valence-electron chi connectivity index (χ4n) is 2.95. The van der Waals surface area contributed by atoms with Gasteiger partial charge in [0.15, 0.2) is 0 Å². The lowest BCUT2D eigenvalue weighted by Crippen LogP contribution is -2.28. The maximum atomic E-state index is 13.4. The Morgan fingerprint density at radius 1 is 1.00 bits per heavy atom. The minimum absolute atomic E-state index is 0.126. The third kappa shape index (κ3) is 4.38. The monoisotopic (exact) mass is 453 g/mol. The van der Waals surface area contributed by atoms with Gasteiger partial charge in [0.1, 0.15) is 11.6 Å². The molecule has 0 spiro atoms. The largest absolute Gasteiger partial charge is 0.534 e. The number of hydrogen-bond acceptors (Lipinski definition) is 6. The first kappa shape index (κ1) is 21.5. The standard InChI is InChI=1S/C17H15F4NO5S2/c18-12-2-1-3-13(8-12)28(23,24)14-4-5-15(11-6-7-22-10-11)16(9-14)27-29(25,26)17(19,20)21/h1-5,8-9,11,22H,6-7,10H2/t11-/m1/s1. The second kappa shape index (κ2) is 7.58. The molecule has 1 fully saturated rings. The van der Waals surface area contributed by atoms with E-state index < -0.39 is 46.8 Å². The fraction of sp³-hybridized carbons (Fsp3) is 0.294. The molecule has 1 aliphatic heterocycles. The Labute approximate surface area is 164 Å². The number of hydrogen-bond donors (Lipinski definition) is 1. The molecule has 2 aromatic carbocycles. The number of nitrogens with one attached hydrogen (secondary N) is 1. The van der Waals surface area contributed by atoms with Crippen molar-refractivity contribution < 1.29 is 38.6 Å². The molecule has 0 radical (unpaired) electrons. The van der Waals surface area contributed by atoms with Crippen LogP contribution in [0.3, 0.4) is 0 Å². The Morgan fingerprint density at radius 3 is 2.28 bits per heavy atom. The van der Waals surface area contributed by atoms with Crippen LogP contribution in [0.1, 0.15) is 17.9 Å².